The highest BCUT2D eigenvalue weighted by atomic mass is 35.5. The fourth-order valence-corrected chi connectivity index (χ4v) is 1.87. The van der Waals surface area contributed by atoms with Crippen LogP contribution in [-0.4, -0.2) is 25.7 Å². The van der Waals surface area contributed by atoms with Gasteiger partial charge in [-0.05, 0) is 29.8 Å². The van der Waals surface area contributed by atoms with Crippen LogP contribution in [0.15, 0.2) is 23.8 Å². The third-order valence-corrected chi connectivity index (χ3v) is 2.54. The Hall–Kier alpha value is -1.52. The molecule has 1 rings (SSSR count). The maximum absolute atomic E-state index is 11.6. The lowest BCUT2D eigenvalue weighted by Gasteiger charge is -2.06. The molecule has 0 spiro atoms. The van der Waals surface area contributed by atoms with Gasteiger partial charge in [0.1, 0.15) is 6.61 Å². The van der Waals surface area contributed by atoms with E-state index in [0.29, 0.717) is 15.6 Å². The smallest absolute Gasteiger partial charge is 0.337 e. The quantitative estimate of drug-likeness (QED) is 0.633. The molecule has 0 aliphatic heterocycles. The standard InChI is InChI=1S/C13H12Cl2O4/c1-8(16)19-7-10(13(17)18-2)3-9-4-11(14)6-12(15)5-9/h3-6H,7H2,1-2H3/b10-3+. The van der Waals surface area contributed by atoms with Gasteiger partial charge < -0.3 is 9.47 Å². The van der Waals surface area contributed by atoms with Gasteiger partial charge in [-0.1, -0.05) is 23.2 Å². The zero-order valence-corrected chi connectivity index (χ0v) is 11.9. The molecule has 0 radical (unpaired) electrons. The zero-order valence-electron chi connectivity index (χ0n) is 10.4. The second-order valence-electron chi connectivity index (χ2n) is 3.64. The number of halogens is 2. The van der Waals surface area contributed by atoms with E-state index in [1.165, 1.54) is 20.1 Å². The van der Waals surface area contributed by atoms with E-state index in [2.05, 4.69) is 4.74 Å². The molecule has 1 aromatic rings. The number of hydrogen-bond donors (Lipinski definition) is 0. The lowest BCUT2D eigenvalue weighted by molar-refractivity contribution is -0.141. The molecule has 0 atom stereocenters. The summed E-state index contributed by atoms with van der Waals surface area (Å²) < 4.78 is 9.40. The molecule has 0 N–H and O–H groups in total. The average Bonchev–Trinajstić information content (AvgIpc) is 2.32. The number of hydrogen-bond acceptors (Lipinski definition) is 4. The minimum atomic E-state index is -0.586. The van der Waals surface area contributed by atoms with E-state index in [9.17, 15) is 9.59 Å². The molecule has 0 aliphatic carbocycles. The highest BCUT2D eigenvalue weighted by Gasteiger charge is 2.12. The first-order valence-electron chi connectivity index (χ1n) is 5.30. The first-order valence-corrected chi connectivity index (χ1v) is 6.06. The van der Waals surface area contributed by atoms with Crippen molar-refractivity contribution in [2.24, 2.45) is 0 Å². The van der Waals surface area contributed by atoms with Crippen molar-refractivity contribution in [3.05, 3.63) is 39.4 Å². The number of rotatable bonds is 4. The molecule has 0 bridgehead atoms. The maximum Gasteiger partial charge on any atom is 0.337 e. The van der Waals surface area contributed by atoms with Crippen LogP contribution in [0.3, 0.4) is 0 Å². The molecule has 0 aromatic heterocycles. The fraction of sp³-hybridized carbons (Fsp3) is 0.231. The Kier molecular flexibility index (Phi) is 5.86. The van der Waals surface area contributed by atoms with Crippen LogP contribution < -0.4 is 0 Å². The Morgan fingerprint density at radius 3 is 2.26 bits per heavy atom. The van der Waals surface area contributed by atoms with E-state index in [-0.39, 0.29) is 12.2 Å². The Balaban J connectivity index is 3.04. The monoisotopic (exact) mass is 302 g/mol. The topological polar surface area (TPSA) is 52.6 Å². The second kappa shape index (κ2) is 7.16. The van der Waals surface area contributed by atoms with Gasteiger partial charge >= 0.3 is 11.9 Å². The van der Waals surface area contributed by atoms with Crippen molar-refractivity contribution in [2.45, 2.75) is 6.92 Å². The summed E-state index contributed by atoms with van der Waals surface area (Å²) in [5.41, 5.74) is 0.807. The summed E-state index contributed by atoms with van der Waals surface area (Å²) in [6, 6.07) is 4.83. The molecule has 6 heteroatoms. The summed E-state index contributed by atoms with van der Waals surface area (Å²) in [4.78, 5) is 22.3. The largest absolute Gasteiger partial charge is 0.466 e. The van der Waals surface area contributed by atoms with Crippen molar-refractivity contribution in [3.8, 4) is 0 Å². The molecule has 0 heterocycles. The van der Waals surface area contributed by atoms with Crippen molar-refractivity contribution >= 4 is 41.2 Å². The van der Waals surface area contributed by atoms with Crippen LogP contribution in [0.25, 0.3) is 6.08 Å². The summed E-state index contributed by atoms with van der Waals surface area (Å²) in [6.45, 7) is 1.08. The fourth-order valence-electron chi connectivity index (χ4n) is 1.33. The third-order valence-electron chi connectivity index (χ3n) is 2.10. The van der Waals surface area contributed by atoms with Crippen LogP contribution in [-0.2, 0) is 19.1 Å². The van der Waals surface area contributed by atoms with Crippen molar-refractivity contribution in [1.29, 1.82) is 0 Å². The summed E-state index contributed by atoms with van der Waals surface area (Å²) >= 11 is 11.7. The molecule has 4 nitrogen and oxygen atoms in total. The molecule has 102 valence electrons. The SMILES string of the molecule is COC(=O)/C(=C/c1cc(Cl)cc(Cl)c1)COC(C)=O. The highest BCUT2D eigenvalue weighted by molar-refractivity contribution is 6.34. The van der Waals surface area contributed by atoms with Gasteiger partial charge in [0.15, 0.2) is 0 Å². The summed E-state index contributed by atoms with van der Waals surface area (Å²) in [6.07, 6.45) is 1.51. The van der Waals surface area contributed by atoms with Crippen molar-refractivity contribution in [2.75, 3.05) is 13.7 Å². The second-order valence-corrected chi connectivity index (χ2v) is 4.52. The van der Waals surface area contributed by atoms with Crippen molar-refractivity contribution in [1.82, 2.24) is 0 Å². The first-order chi connectivity index (χ1) is 8.92. The Bertz CT molecular complexity index is 503. The van der Waals surface area contributed by atoms with Gasteiger partial charge in [-0.3, -0.25) is 4.79 Å². The van der Waals surface area contributed by atoms with E-state index >= 15 is 0 Å². The Morgan fingerprint density at radius 1 is 1.21 bits per heavy atom. The van der Waals surface area contributed by atoms with Crippen LogP contribution in [0.5, 0.6) is 0 Å². The Labute approximate surface area is 120 Å². The predicted molar refractivity (Wildman–Crippen MR) is 73.1 cm³/mol. The molecule has 0 saturated carbocycles. The molecular formula is C13H12Cl2O4. The highest BCUT2D eigenvalue weighted by Crippen LogP contribution is 2.21. The summed E-state index contributed by atoms with van der Waals surface area (Å²) in [5, 5.41) is 0.880. The molecule has 0 aliphatic rings. The minimum Gasteiger partial charge on any atom is -0.466 e. The molecule has 19 heavy (non-hydrogen) atoms. The maximum atomic E-state index is 11.6. The number of ether oxygens (including phenoxy) is 2. The third kappa shape index (κ3) is 5.32. The molecule has 1 aromatic carbocycles. The van der Waals surface area contributed by atoms with Crippen LogP contribution in [0.1, 0.15) is 12.5 Å². The predicted octanol–water partition coefficient (Wildman–Crippen LogP) is 3.11. The van der Waals surface area contributed by atoms with Gasteiger partial charge in [-0.15, -0.1) is 0 Å². The van der Waals surface area contributed by atoms with Gasteiger partial charge in [-0.2, -0.15) is 0 Å². The van der Waals surface area contributed by atoms with Crippen LogP contribution in [0, 0.1) is 0 Å². The van der Waals surface area contributed by atoms with Crippen LogP contribution in [0.2, 0.25) is 10.0 Å². The van der Waals surface area contributed by atoms with Gasteiger partial charge in [0.25, 0.3) is 0 Å². The van der Waals surface area contributed by atoms with E-state index in [4.69, 9.17) is 27.9 Å². The lowest BCUT2D eigenvalue weighted by Crippen LogP contribution is -2.12. The van der Waals surface area contributed by atoms with E-state index in [1.54, 1.807) is 18.2 Å². The Morgan fingerprint density at radius 2 is 1.79 bits per heavy atom. The molecule has 0 unspecified atom stereocenters. The van der Waals surface area contributed by atoms with Crippen LogP contribution in [0.4, 0.5) is 0 Å². The van der Waals surface area contributed by atoms with Gasteiger partial charge in [0.2, 0.25) is 0 Å². The molecule has 0 amide bonds. The number of carbonyl (C=O) groups is 2. The van der Waals surface area contributed by atoms with Gasteiger partial charge in [0, 0.05) is 17.0 Å². The van der Waals surface area contributed by atoms with Gasteiger partial charge in [0.05, 0.1) is 12.7 Å². The van der Waals surface area contributed by atoms with Crippen LogP contribution >= 0.6 is 23.2 Å². The lowest BCUT2D eigenvalue weighted by atomic mass is 10.1. The van der Waals surface area contributed by atoms with Gasteiger partial charge in [-0.25, -0.2) is 4.79 Å². The number of benzene rings is 1. The average molecular weight is 303 g/mol. The summed E-state index contributed by atoms with van der Waals surface area (Å²) in [7, 11) is 1.24. The normalized spacial score (nSPS) is 11.1. The van der Waals surface area contributed by atoms with E-state index in [1.807, 2.05) is 0 Å². The minimum absolute atomic E-state index is 0.174. The van der Waals surface area contributed by atoms with E-state index in [0.717, 1.165) is 0 Å². The molecule has 0 fully saturated rings. The molecule has 0 saturated heterocycles. The zero-order chi connectivity index (χ0) is 14.4. The van der Waals surface area contributed by atoms with Crippen molar-refractivity contribution in [3.63, 3.8) is 0 Å². The first kappa shape index (κ1) is 15.5. The number of carbonyl (C=O) groups excluding carboxylic acids is 2. The molecular weight excluding hydrogens is 291 g/mol. The van der Waals surface area contributed by atoms with E-state index < -0.39 is 11.9 Å². The number of esters is 2. The number of methoxy groups -OCH3 is 1. The van der Waals surface area contributed by atoms with Crippen molar-refractivity contribution < 1.29 is 19.1 Å². The summed E-state index contributed by atoms with van der Waals surface area (Å²) in [5.74, 6) is -1.07.